The van der Waals surface area contributed by atoms with Crippen LogP contribution in [0.4, 0.5) is 10.1 Å². The first kappa shape index (κ1) is 30.8. The van der Waals surface area contributed by atoms with E-state index in [1.165, 1.54) is 35.2 Å². The van der Waals surface area contributed by atoms with Gasteiger partial charge in [0.2, 0.25) is 11.8 Å². The minimum atomic E-state index is -4.34. The molecule has 11 heteroatoms. The largest absolute Gasteiger partial charge is 0.486 e. The summed E-state index contributed by atoms with van der Waals surface area (Å²) in [6.45, 7) is 7.28. The van der Waals surface area contributed by atoms with Gasteiger partial charge in [0.25, 0.3) is 10.0 Å². The van der Waals surface area contributed by atoms with E-state index in [1.807, 2.05) is 51.1 Å². The van der Waals surface area contributed by atoms with Crippen LogP contribution in [0.15, 0.2) is 77.7 Å². The molecule has 0 fully saturated rings. The van der Waals surface area contributed by atoms with Crippen LogP contribution in [0.5, 0.6) is 11.5 Å². The lowest BCUT2D eigenvalue weighted by molar-refractivity contribution is -0.139. The van der Waals surface area contributed by atoms with Crippen LogP contribution in [-0.2, 0) is 26.0 Å². The molecule has 1 aliphatic rings. The number of hydrogen-bond acceptors (Lipinski definition) is 6. The predicted octanol–water partition coefficient (Wildman–Crippen LogP) is 4.17. The van der Waals surface area contributed by atoms with Gasteiger partial charge in [-0.15, -0.1) is 0 Å². The van der Waals surface area contributed by atoms with Gasteiger partial charge in [0.15, 0.2) is 11.5 Å². The van der Waals surface area contributed by atoms with E-state index >= 15 is 0 Å². The molecule has 1 aliphatic heterocycles. The van der Waals surface area contributed by atoms with Crippen LogP contribution in [0, 0.1) is 5.82 Å². The Labute approximate surface area is 246 Å². The lowest BCUT2D eigenvalue weighted by Gasteiger charge is -2.33. The number of sulfonamides is 1. The highest BCUT2D eigenvalue weighted by Gasteiger charge is 2.34. The van der Waals surface area contributed by atoms with Crippen molar-refractivity contribution in [2.75, 3.05) is 30.6 Å². The van der Waals surface area contributed by atoms with Gasteiger partial charge in [0.1, 0.15) is 31.6 Å². The van der Waals surface area contributed by atoms with Crippen LogP contribution in [-0.4, -0.2) is 63.0 Å². The molecule has 0 saturated heterocycles. The molecule has 0 radical (unpaired) electrons. The number of nitrogens with one attached hydrogen (secondary N) is 1. The molecule has 224 valence electrons. The second-order valence-corrected chi connectivity index (χ2v) is 12.9. The van der Waals surface area contributed by atoms with Crippen molar-refractivity contribution in [3.05, 3.63) is 84.2 Å². The molecular weight excluding hydrogens is 561 g/mol. The zero-order valence-corrected chi connectivity index (χ0v) is 25.0. The summed E-state index contributed by atoms with van der Waals surface area (Å²) in [4.78, 5) is 28.4. The van der Waals surface area contributed by atoms with Gasteiger partial charge in [-0.2, -0.15) is 0 Å². The lowest BCUT2D eigenvalue weighted by Crippen LogP contribution is -2.55. The summed E-state index contributed by atoms with van der Waals surface area (Å²) in [5.41, 5.74) is 0.508. The van der Waals surface area contributed by atoms with E-state index in [9.17, 15) is 22.4 Å². The number of fused-ring (bicyclic) bond motifs is 1. The molecule has 0 unspecified atom stereocenters. The van der Waals surface area contributed by atoms with Crippen LogP contribution in [0.3, 0.4) is 0 Å². The van der Waals surface area contributed by atoms with Gasteiger partial charge in [0.05, 0.1) is 10.6 Å². The van der Waals surface area contributed by atoms with Gasteiger partial charge in [0, 0.05) is 18.2 Å². The van der Waals surface area contributed by atoms with Crippen LogP contribution >= 0.6 is 0 Å². The zero-order chi connectivity index (χ0) is 30.5. The number of rotatable bonds is 10. The molecule has 3 aromatic rings. The van der Waals surface area contributed by atoms with E-state index in [1.54, 1.807) is 6.92 Å². The van der Waals surface area contributed by atoms with Crippen molar-refractivity contribution >= 4 is 27.5 Å². The summed E-state index contributed by atoms with van der Waals surface area (Å²) in [5, 5.41) is 2.90. The average Bonchev–Trinajstić information content (AvgIpc) is 2.95. The standard InChI is InChI=1S/C31H36FN3O6S/c1-22(30(37)33-31(2,3)4)34(17-16-23-8-6-5-7-9-23)29(36)21-35(25-12-10-24(32)11-13-25)42(38,39)26-14-15-27-28(20-26)41-19-18-40-27/h5-15,20,22H,16-19,21H2,1-4H3,(H,33,37)/t22-/m0/s1. The van der Waals surface area contributed by atoms with Gasteiger partial charge in [-0.3, -0.25) is 13.9 Å². The quantitative estimate of drug-likeness (QED) is 0.376. The van der Waals surface area contributed by atoms with Gasteiger partial charge in [-0.05, 0) is 76.1 Å². The van der Waals surface area contributed by atoms with Crippen LogP contribution in [0.25, 0.3) is 0 Å². The molecule has 4 rings (SSSR count). The van der Waals surface area contributed by atoms with Crippen molar-refractivity contribution < 1.29 is 31.9 Å². The van der Waals surface area contributed by atoms with Crippen molar-refractivity contribution in [3.63, 3.8) is 0 Å². The average molecular weight is 598 g/mol. The number of hydrogen-bond donors (Lipinski definition) is 1. The lowest BCUT2D eigenvalue weighted by atomic mass is 10.1. The third-order valence-corrected chi connectivity index (χ3v) is 8.41. The highest BCUT2D eigenvalue weighted by molar-refractivity contribution is 7.92. The zero-order valence-electron chi connectivity index (χ0n) is 24.2. The smallest absolute Gasteiger partial charge is 0.264 e. The Morgan fingerprint density at radius 3 is 2.24 bits per heavy atom. The fourth-order valence-electron chi connectivity index (χ4n) is 4.49. The first-order valence-corrected chi connectivity index (χ1v) is 15.1. The summed E-state index contributed by atoms with van der Waals surface area (Å²) in [5.74, 6) is -0.835. The molecule has 2 amide bonds. The summed E-state index contributed by atoms with van der Waals surface area (Å²) in [6.07, 6.45) is 0.450. The van der Waals surface area contributed by atoms with E-state index < -0.39 is 39.9 Å². The van der Waals surface area contributed by atoms with Crippen molar-refractivity contribution in [1.82, 2.24) is 10.2 Å². The Balaban J connectivity index is 1.68. The molecule has 1 atom stereocenters. The third kappa shape index (κ3) is 7.58. The summed E-state index contributed by atoms with van der Waals surface area (Å²) >= 11 is 0. The molecule has 9 nitrogen and oxygen atoms in total. The number of amides is 2. The Bertz CT molecular complexity index is 1510. The number of halogens is 1. The Kier molecular flexibility index (Phi) is 9.40. The number of carbonyl (C=O) groups excluding carboxylic acids is 2. The second-order valence-electron chi connectivity index (χ2n) is 11.0. The highest BCUT2D eigenvalue weighted by Crippen LogP contribution is 2.34. The van der Waals surface area contributed by atoms with Gasteiger partial charge in [-0.1, -0.05) is 30.3 Å². The minimum absolute atomic E-state index is 0.0921. The number of nitrogens with zero attached hydrogens (tertiary/aromatic N) is 2. The highest BCUT2D eigenvalue weighted by atomic mass is 32.2. The maximum atomic E-state index is 14.0. The van der Waals surface area contributed by atoms with Gasteiger partial charge >= 0.3 is 0 Å². The maximum absolute atomic E-state index is 14.0. The molecule has 0 saturated carbocycles. The van der Waals surface area contributed by atoms with Crippen molar-refractivity contribution in [2.24, 2.45) is 0 Å². The SMILES string of the molecule is C[C@@H](C(=O)NC(C)(C)C)N(CCc1ccccc1)C(=O)CN(c1ccc(F)cc1)S(=O)(=O)c1ccc2c(c1)OCCO2. The molecule has 1 heterocycles. The van der Waals surface area contributed by atoms with E-state index in [4.69, 9.17) is 9.47 Å². The van der Waals surface area contributed by atoms with E-state index in [0.29, 0.717) is 18.8 Å². The number of anilines is 1. The first-order chi connectivity index (χ1) is 19.8. The number of ether oxygens (including phenoxy) is 2. The van der Waals surface area contributed by atoms with Crippen molar-refractivity contribution in [3.8, 4) is 11.5 Å². The van der Waals surface area contributed by atoms with E-state index in [0.717, 1.165) is 22.0 Å². The molecule has 0 bridgehead atoms. The molecule has 3 aromatic carbocycles. The molecule has 1 N–H and O–H groups in total. The predicted molar refractivity (Wildman–Crippen MR) is 158 cm³/mol. The molecule has 42 heavy (non-hydrogen) atoms. The Morgan fingerprint density at radius 2 is 1.60 bits per heavy atom. The normalized spacial score (nSPS) is 13.6. The second kappa shape index (κ2) is 12.8. The Morgan fingerprint density at radius 1 is 0.952 bits per heavy atom. The summed E-state index contributed by atoms with van der Waals surface area (Å²) in [6, 6.07) is 17.6. The maximum Gasteiger partial charge on any atom is 0.264 e. The third-order valence-electron chi connectivity index (χ3n) is 6.64. The van der Waals surface area contributed by atoms with Crippen LogP contribution in [0.1, 0.15) is 33.3 Å². The Hall–Kier alpha value is -4.12. The monoisotopic (exact) mass is 597 g/mol. The summed E-state index contributed by atoms with van der Waals surface area (Å²) < 4.78 is 53.9. The fraction of sp³-hybridized carbons (Fsp3) is 0.355. The number of carbonyl (C=O) groups is 2. The molecular formula is C31H36FN3O6S. The molecule has 0 spiro atoms. The van der Waals surface area contributed by atoms with Crippen LogP contribution in [0.2, 0.25) is 0 Å². The van der Waals surface area contributed by atoms with E-state index in [2.05, 4.69) is 5.32 Å². The van der Waals surface area contributed by atoms with Gasteiger partial charge in [-0.25, -0.2) is 12.8 Å². The van der Waals surface area contributed by atoms with E-state index in [-0.39, 0.29) is 35.4 Å². The molecule has 0 aliphatic carbocycles. The first-order valence-electron chi connectivity index (χ1n) is 13.7. The molecule has 0 aromatic heterocycles. The fourth-order valence-corrected chi connectivity index (χ4v) is 5.92. The topological polar surface area (TPSA) is 105 Å². The summed E-state index contributed by atoms with van der Waals surface area (Å²) in [7, 11) is -4.34. The number of benzene rings is 3. The van der Waals surface area contributed by atoms with Crippen molar-refractivity contribution in [2.45, 2.75) is 50.6 Å². The van der Waals surface area contributed by atoms with Crippen molar-refractivity contribution in [1.29, 1.82) is 0 Å². The van der Waals surface area contributed by atoms with Crippen LogP contribution < -0.4 is 19.1 Å². The minimum Gasteiger partial charge on any atom is -0.486 e. The van der Waals surface area contributed by atoms with Gasteiger partial charge < -0.3 is 19.7 Å².